The molecule has 0 N–H and O–H groups in total. The normalized spacial score (nSPS) is 11.8. The molecule has 0 aliphatic carbocycles. The molecule has 90 valence electrons. The fourth-order valence-corrected chi connectivity index (χ4v) is 1.60. The van der Waals surface area contributed by atoms with Crippen LogP contribution in [-0.4, -0.2) is 27.3 Å². The molecule has 5 heteroatoms. The van der Waals surface area contributed by atoms with Gasteiger partial charge in [0.25, 0.3) is 5.97 Å². The first-order valence-corrected chi connectivity index (χ1v) is 5.04. The Bertz CT molecular complexity index is 345. The van der Waals surface area contributed by atoms with Crippen molar-refractivity contribution in [2.24, 2.45) is 0 Å². The second-order valence-corrected chi connectivity index (χ2v) is 3.62. The van der Waals surface area contributed by atoms with Crippen molar-refractivity contribution >= 4 is 11.6 Å². The van der Waals surface area contributed by atoms with Crippen LogP contribution in [0.1, 0.15) is 5.56 Å². The molecule has 0 heterocycles. The summed E-state index contributed by atoms with van der Waals surface area (Å²) in [6.45, 7) is 0. The lowest BCUT2D eigenvalue weighted by molar-refractivity contribution is -0.350. The Morgan fingerprint density at radius 2 is 1.75 bits per heavy atom. The maximum Gasteiger partial charge on any atom is 0.286 e. The van der Waals surface area contributed by atoms with Gasteiger partial charge in [-0.1, -0.05) is 17.7 Å². The number of hydrogen-bond acceptors (Lipinski definition) is 3. The predicted molar refractivity (Wildman–Crippen MR) is 58.9 cm³/mol. The van der Waals surface area contributed by atoms with Gasteiger partial charge in [0.15, 0.2) is 0 Å². The third-order valence-corrected chi connectivity index (χ3v) is 2.71. The molecule has 0 aliphatic rings. The van der Waals surface area contributed by atoms with Gasteiger partial charge in [-0.2, -0.15) is 0 Å². The minimum Gasteiger partial charge on any atom is -0.331 e. The Labute approximate surface area is 99.1 Å². The van der Waals surface area contributed by atoms with E-state index in [1.54, 1.807) is 6.07 Å². The molecular weight excluding hydrogens is 235 g/mol. The fraction of sp³-hybridized carbons (Fsp3) is 0.455. The molecule has 0 atom stereocenters. The third-order valence-electron chi connectivity index (χ3n) is 2.36. The Hall–Kier alpha value is -0.680. The van der Waals surface area contributed by atoms with E-state index in [0.717, 1.165) is 0 Å². The lowest BCUT2D eigenvalue weighted by atomic mass is 10.1. The zero-order valence-corrected chi connectivity index (χ0v) is 10.2. The van der Waals surface area contributed by atoms with Crippen LogP contribution >= 0.6 is 11.6 Å². The van der Waals surface area contributed by atoms with Gasteiger partial charge in [0, 0.05) is 26.4 Å². The summed E-state index contributed by atoms with van der Waals surface area (Å²) in [4.78, 5) is 0. The van der Waals surface area contributed by atoms with E-state index < -0.39 is 5.97 Å². The molecule has 0 saturated heterocycles. The summed E-state index contributed by atoms with van der Waals surface area (Å²) < 4.78 is 28.2. The van der Waals surface area contributed by atoms with Crippen LogP contribution in [0.4, 0.5) is 4.39 Å². The molecule has 0 amide bonds. The first kappa shape index (κ1) is 13.4. The maximum absolute atomic E-state index is 12.8. The number of ether oxygens (including phenoxy) is 3. The van der Waals surface area contributed by atoms with E-state index in [4.69, 9.17) is 25.8 Å². The van der Waals surface area contributed by atoms with Crippen LogP contribution in [0.2, 0.25) is 5.02 Å². The van der Waals surface area contributed by atoms with E-state index in [2.05, 4.69) is 0 Å². The van der Waals surface area contributed by atoms with Gasteiger partial charge < -0.3 is 14.2 Å². The number of methoxy groups -OCH3 is 3. The van der Waals surface area contributed by atoms with Crippen molar-refractivity contribution in [3.05, 3.63) is 34.6 Å². The Morgan fingerprint density at radius 1 is 1.19 bits per heavy atom. The maximum atomic E-state index is 12.8. The van der Waals surface area contributed by atoms with Crippen LogP contribution in [0.3, 0.4) is 0 Å². The van der Waals surface area contributed by atoms with E-state index in [-0.39, 0.29) is 12.2 Å². The zero-order valence-electron chi connectivity index (χ0n) is 9.42. The van der Waals surface area contributed by atoms with Gasteiger partial charge in [-0.25, -0.2) is 4.39 Å². The van der Waals surface area contributed by atoms with E-state index in [9.17, 15) is 4.39 Å². The van der Waals surface area contributed by atoms with Crippen LogP contribution < -0.4 is 0 Å². The fourth-order valence-electron chi connectivity index (χ4n) is 1.36. The van der Waals surface area contributed by atoms with Crippen LogP contribution in [0.5, 0.6) is 0 Å². The van der Waals surface area contributed by atoms with Crippen molar-refractivity contribution in [2.75, 3.05) is 21.3 Å². The molecule has 1 rings (SSSR count). The molecule has 1 aromatic rings. The predicted octanol–water partition coefficient (Wildman–Crippen LogP) is 2.61. The van der Waals surface area contributed by atoms with Crippen molar-refractivity contribution in [1.82, 2.24) is 0 Å². The SMILES string of the molecule is COC(Cc1ccc(F)cc1Cl)(OC)OC. The Kier molecular flexibility index (Phi) is 4.68. The van der Waals surface area contributed by atoms with Gasteiger partial charge >= 0.3 is 0 Å². The van der Waals surface area contributed by atoms with Crippen molar-refractivity contribution in [2.45, 2.75) is 12.4 Å². The molecule has 0 radical (unpaired) electrons. The third kappa shape index (κ3) is 2.92. The lowest BCUT2D eigenvalue weighted by Crippen LogP contribution is -2.38. The average Bonchev–Trinajstić information content (AvgIpc) is 2.29. The summed E-state index contributed by atoms with van der Waals surface area (Å²) in [6.07, 6.45) is 0.273. The Balaban J connectivity index is 2.93. The molecule has 0 fully saturated rings. The lowest BCUT2D eigenvalue weighted by Gasteiger charge is -2.29. The minimum atomic E-state index is -1.19. The number of rotatable bonds is 5. The standard InChI is InChI=1S/C11H14ClFO3/c1-14-11(15-2,16-3)7-8-4-5-9(13)6-10(8)12/h4-6H,7H2,1-3H3. The molecule has 0 spiro atoms. The molecule has 0 aromatic heterocycles. The number of benzene rings is 1. The van der Waals surface area contributed by atoms with Gasteiger partial charge in [0.2, 0.25) is 0 Å². The van der Waals surface area contributed by atoms with Gasteiger partial charge in [-0.15, -0.1) is 0 Å². The summed E-state index contributed by atoms with van der Waals surface area (Å²) in [5, 5.41) is 0.315. The van der Waals surface area contributed by atoms with Crippen LogP contribution in [0.15, 0.2) is 18.2 Å². The highest BCUT2D eigenvalue weighted by molar-refractivity contribution is 6.31. The van der Waals surface area contributed by atoms with Crippen LogP contribution in [0.25, 0.3) is 0 Å². The quantitative estimate of drug-likeness (QED) is 0.750. The molecule has 3 nitrogen and oxygen atoms in total. The topological polar surface area (TPSA) is 27.7 Å². The molecule has 0 saturated carbocycles. The van der Waals surface area contributed by atoms with Gasteiger partial charge in [-0.3, -0.25) is 0 Å². The van der Waals surface area contributed by atoms with E-state index in [1.807, 2.05) is 0 Å². The number of halogens is 2. The van der Waals surface area contributed by atoms with Crippen LogP contribution in [0, 0.1) is 5.82 Å². The molecule has 1 aromatic carbocycles. The highest BCUT2D eigenvalue weighted by Gasteiger charge is 2.30. The highest BCUT2D eigenvalue weighted by atomic mass is 35.5. The summed E-state index contributed by atoms with van der Waals surface area (Å²) in [7, 11) is 4.39. The minimum absolute atomic E-state index is 0.273. The summed E-state index contributed by atoms with van der Waals surface area (Å²) >= 11 is 5.90. The van der Waals surface area contributed by atoms with Crippen molar-refractivity contribution < 1.29 is 18.6 Å². The van der Waals surface area contributed by atoms with E-state index in [1.165, 1.54) is 33.5 Å². The highest BCUT2D eigenvalue weighted by Crippen LogP contribution is 2.25. The van der Waals surface area contributed by atoms with Gasteiger partial charge in [-0.05, 0) is 17.7 Å². The Morgan fingerprint density at radius 3 is 2.19 bits per heavy atom. The molecular formula is C11H14ClFO3. The van der Waals surface area contributed by atoms with Crippen molar-refractivity contribution in [3.8, 4) is 0 Å². The monoisotopic (exact) mass is 248 g/mol. The second kappa shape index (κ2) is 5.59. The number of hydrogen-bond donors (Lipinski definition) is 0. The van der Waals surface area contributed by atoms with Crippen molar-refractivity contribution in [1.29, 1.82) is 0 Å². The smallest absolute Gasteiger partial charge is 0.286 e. The van der Waals surface area contributed by atoms with Gasteiger partial charge in [0.1, 0.15) is 5.82 Å². The summed E-state index contributed by atoms with van der Waals surface area (Å²) in [6, 6.07) is 4.14. The first-order valence-electron chi connectivity index (χ1n) is 4.66. The van der Waals surface area contributed by atoms with Gasteiger partial charge in [0.05, 0.1) is 6.42 Å². The molecule has 0 bridgehead atoms. The molecule has 16 heavy (non-hydrogen) atoms. The first-order chi connectivity index (χ1) is 7.56. The van der Waals surface area contributed by atoms with E-state index in [0.29, 0.717) is 10.6 Å². The second-order valence-electron chi connectivity index (χ2n) is 3.21. The molecule has 0 aliphatic heterocycles. The largest absolute Gasteiger partial charge is 0.331 e. The van der Waals surface area contributed by atoms with E-state index >= 15 is 0 Å². The molecule has 0 unspecified atom stereocenters. The zero-order chi connectivity index (χ0) is 12.2. The van der Waals surface area contributed by atoms with Crippen molar-refractivity contribution in [3.63, 3.8) is 0 Å². The summed E-state index contributed by atoms with van der Waals surface area (Å²) in [5.74, 6) is -1.58. The average molecular weight is 249 g/mol. The van der Waals surface area contributed by atoms with Crippen LogP contribution in [-0.2, 0) is 20.6 Å². The summed E-state index contributed by atoms with van der Waals surface area (Å²) in [5.41, 5.74) is 0.689.